The standard InChI is InChI=1S/C20H30O3/c1-12(2)14-5-6-16-11-23-19(22)20(17(16)9-14)8-7-15(13(3)4)10-18(20)21/h11,14-15,17-19,21-22H,1,3,5-10H2,2,4H3/t14-,15-,17-,18-,19+,20-/m0/s1. The average molecular weight is 318 g/mol. The fourth-order valence-electron chi connectivity index (χ4n) is 5.01. The third-order valence-electron chi connectivity index (χ3n) is 6.65. The highest BCUT2D eigenvalue weighted by molar-refractivity contribution is 5.22. The summed E-state index contributed by atoms with van der Waals surface area (Å²) in [5, 5.41) is 21.7. The van der Waals surface area contributed by atoms with Crippen molar-refractivity contribution in [1.82, 2.24) is 0 Å². The maximum Gasteiger partial charge on any atom is 0.205 e. The van der Waals surface area contributed by atoms with Crippen LogP contribution in [0, 0.1) is 23.2 Å². The lowest BCUT2D eigenvalue weighted by atomic mass is 9.54. The van der Waals surface area contributed by atoms with Crippen LogP contribution in [0.4, 0.5) is 0 Å². The zero-order valence-electron chi connectivity index (χ0n) is 14.4. The summed E-state index contributed by atoms with van der Waals surface area (Å²) >= 11 is 0. The number of aliphatic hydroxyl groups excluding tert-OH is 2. The first-order valence-electron chi connectivity index (χ1n) is 8.87. The van der Waals surface area contributed by atoms with Crippen LogP contribution >= 0.6 is 0 Å². The van der Waals surface area contributed by atoms with Crippen molar-refractivity contribution in [2.45, 2.75) is 64.8 Å². The molecule has 2 N–H and O–H groups in total. The molecule has 0 amide bonds. The number of allylic oxidation sites excluding steroid dienone is 3. The van der Waals surface area contributed by atoms with Gasteiger partial charge in [0, 0.05) is 0 Å². The summed E-state index contributed by atoms with van der Waals surface area (Å²) in [6.07, 6.45) is 5.77. The van der Waals surface area contributed by atoms with Gasteiger partial charge in [0.25, 0.3) is 0 Å². The topological polar surface area (TPSA) is 49.7 Å². The lowest BCUT2D eigenvalue weighted by Crippen LogP contribution is -2.57. The largest absolute Gasteiger partial charge is 0.472 e. The molecule has 0 saturated heterocycles. The zero-order valence-corrected chi connectivity index (χ0v) is 14.4. The number of hydrogen-bond donors (Lipinski definition) is 2. The van der Waals surface area contributed by atoms with Gasteiger partial charge in [-0.15, -0.1) is 0 Å². The van der Waals surface area contributed by atoms with Crippen molar-refractivity contribution >= 4 is 0 Å². The SMILES string of the molecule is C=C(C)[C@H]1CC[C@@]2([C@H](O)OC=C3CC[C@H](C(=C)C)C[C@@H]32)[C@@H](O)C1. The molecule has 0 radical (unpaired) electrons. The van der Waals surface area contributed by atoms with Crippen LogP contribution in [0.25, 0.3) is 0 Å². The Kier molecular flexibility index (Phi) is 4.45. The maximum absolute atomic E-state index is 11.0. The molecule has 1 heterocycles. The summed E-state index contributed by atoms with van der Waals surface area (Å²) in [7, 11) is 0. The van der Waals surface area contributed by atoms with E-state index in [4.69, 9.17) is 4.74 Å². The van der Waals surface area contributed by atoms with Crippen LogP contribution in [0.2, 0.25) is 0 Å². The molecule has 3 aliphatic rings. The predicted molar refractivity (Wildman–Crippen MR) is 91.4 cm³/mol. The Bertz CT molecular complexity index is 535. The summed E-state index contributed by atoms with van der Waals surface area (Å²) < 4.78 is 5.59. The summed E-state index contributed by atoms with van der Waals surface area (Å²) in [6.45, 7) is 12.3. The summed E-state index contributed by atoms with van der Waals surface area (Å²) in [5.74, 6) is 1.02. The van der Waals surface area contributed by atoms with Gasteiger partial charge in [-0.2, -0.15) is 0 Å². The van der Waals surface area contributed by atoms with Crippen LogP contribution < -0.4 is 0 Å². The van der Waals surface area contributed by atoms with Gasteiger partial charge in [-0.3, -0.25) is 0 Å². The van der Waals surface area contributed by atoms with Crippen LogP contribution in [0.3, 0.4) is 0 Å². The molecule has 3 rings (SSSR count). The normalized spacial score (nSPS) is 43.3. The maximum atomic E-state index is 11.0. The quantitative estimate of drug-likeness (QED) is 0.758. The molecule has 128 valence electrons. The first kappa shape index (κ1) is 16.8. The van der Waals surface area contributed by atoms with E-state index in [1.807, 2.05) is 6.92 Å². The first-order chi connectivity index (χ1) is 10.9. The van der Waals surface area contributed by atoms with Crippen LogP contribution in [0.15, 0.2) is 36.1 Å². The van der Waals surface area contributed by atoms with Gasteiger partial charge in [0.1, 0.15) is 0 Å². The second-order valence-electron chi connectivity index (χ2n) is 8.00. The molecule has 6 atom stereocenters. The second kappa shape index (κ2) is 6.10. The Labute approximate surface area is 139 Å². The van der Waals surface area contributed by atoms with Crippen molar-refractivity contribution in [3.05, 3.63) is 36.1 Å². The van der Waals surface area contributed by atoms with Gasteiger partial charge < -0.3 is 14.9 Å². The second-order valence-corrected chi connectivity index (χ2v) is 8.00. The van der Waals surface area contributed by atoms with Crippen molar-refractivity contribution < 1.29 is 14.9 Å². The molecule has 2 aliphatic carbocycles. The summed E-state index contributed by atoms with van der Waals surface area (Å²) in [6, 6.07) is 0. The smallest absolute Gasteiger partial charge is 0.205 e. The minimum Gasteiger partial charge on any atom is -0.472 e. The lowest BCUT2D eigenvalue weighted by Gasteiger charge is -2.55. The summed E-state index contributed by atoms with van der Waals surface area (Å²) in [5.41, 5.74) is 3.04. The number of hydrogen-bond acceptors (Lipinski definition) is 3. The molecule has 0 bridgehead atoms. The molecule has 23 heavy (non-hydrogen) atoms. The number of ether oxygens (including phenoxy) is 1. The van der Waals surface area contributed by atoms with Gasteiger partial charge in [-0.05, 0) is 75.7 Å². The van der Waals surface area contributed by atoms with Crippen LogP contribution in [0.1, 0.15) is 52.4 Å². The highest BCUT2D eigenvalue weighted by Gasteiger charge is 2.57. The predicted octanol–water partition coefficient (Wildman–Crippen LogP) is 3.93. The minimum atomic E-state index is -0.916. The third-order valence-corrected chi connectivity index (χ3v) is 6.65. The van der Waals surface area contributed by atoms with E-state index >= 15 is 0 Å². The van der Waals surface area contributed by atoms with Gasteiger partial charge >= 0.3 is 0 Å². The van der Waals surface area contributed by atoms with Gasteiger partial charge in [-0.25, -0.2) is 0 Å². The Balaban J connectivity index is 1.91. The number of aliphatic hydroxyl groups is 2. The fraction of sp³-hybridized carbons (Fsp3) is 0.700. The molecule has 0 aromatic carbocycles. The molecule has 0 unspecified atom stereocenters. The molecule has 1 spiro atoms. The third kappa shape index (κ3) is 2.68. The van der Waals surface area contributed by atoms with E-state index in [2.05, 4.69) is 20.1 Å². The van der Waals surface area contributed by atoms with Crippen molar-refractivity contribution in [1.29, 1.82) is 0 Å². The van der Waals surface area contributed by atoms with E-state index in [-0.39, 0.29) is 5.92 Å². The zero-order chi connectivity index (χ0) is 16.8. The van der Waals surface area contributed by atoms with Gasteiger partial charge in [0.2, 0.25) is 6.29 Å². The Morgan fingerprint density at radius 2 is 1.78 bits per heavy atom. The van der Waals surface area contributed by atoms with Gasteiger partial charge in [-0.1, -0.05) is 24.3 Å². The molecule has 3 nitrogen and oxygen atoms in total. The average Bonchev–Trinajstić information content (AvgIpc) is 2.52. The van der Waals surface area contributed by atoms with Gasteiger partial charge in [0.05, 0.1) is 17.8 Å². The van der Waals surface area contributed by atoms with Crippen LogP contribution in [-0.2, 0) is 4.74 Å². The Morgan fingerprint density at radius 3 is 2.39 bits per heavy atom. The Morgan fingerprint density at radius 1 is 1.13 bits per heavy atom. The van der Waals surface area contributed by atoms with Crippen molar-refractivity contribution in [3.63, 3.8) is 0 Å². The van der Waals surface area contributed by atoms with E-state index in [0.717, 1.165) is 37.7 Å². The molecular formula is C20H30O3. The number of rotatable bonds is 2. The van der Waals surface area contributed by atoms with Crippen LogP contribution in [-0.4, -0.2) is 22.6 Å². The molecule has 0 aromatic heterocycles. The monoisotopic (exact) mass is 318 g/mol. The van der Waals surface area contributed by atoms with E-state index in [9.17, 15) is 10.2 Å². The van der Waals surface area contributed by atoms with Crippen LogP contribution in [0.5, 0.6) is 0 Å². The molecule has 3 heteroatoms. The highest BCUT2D eigenvalue weighted by atomic mass is 16.6. The fourth-order valence-corrected chi connectivity index (χ4v) is 5.01. The summed E-state index contributed by atoms with van der Waals surface area (Å²) in [4.78, 5) is 0. The molecule has 2 fully saturated rings. The van der Waals surface area contributed by atoms with Crippen molar-refractivity contribution in [2.24, 2.45) is 23.2 Å². The lowest BCUT2D eigenvalue weighted by molar-refractivity contribution is -0.231. The van der Waals surface area contributed by atoms with E-state index in [0.29, 0.717) is 18.3 Å². The van der Waals surface area contributed by atoms with E-state index in [1.165, 1.54) is 11.1 Å². The van der Waals surface area contributed by atoms with Gasteiger partial charge in [0.15, 0.2) is 0 Å². The molecule has 0 aromatic rings. The van der Waals surface area contributed by atoms with E-state index in [1.54, 1.807) is 6.26 Å². The highest BCUT2D eigenvalue weighted by Crippen LogP contribution is 2.57. The Hall–Kier alpha value is -1.06. The number of fused-ring (bicyclic) bond motifs is 2. The first-order valence-corrected chi connectivity index (χ1v) is 8.87. The molecule has 2 saturated carbocycles. The molecule has 1 aliphatic heterocycles. The molecular weight excluding hydrogens is 288 g/mol. The van der Waals surface area contributed by atoms with Crippen molar-refractivity contribution in [3.8, 4) is 0 Å². The van der Waals surface area contributed by atoms with Crippen molar-refractivity contribution in [2.75, 3.05) is 0 Å². The van der Waals surface area contributed by atoms with E-state index < -0.39 is 17.8 Å². The minimum absolute atomic E-state index is 0.197.